The second-order valence-corrected chi connectivity index (χ2v) is 21.7. The van der Waals surface area contributed by atoms with Crippen LogP contribution in [0.3, 0.4) is 0 Å². The van der Waals surface area contributed by atoms with Gasteiger partial charge in [-0.05, 0) is 19.3 Å². The molecule has 0 rings (SSSR count). The maximum atomic E-state index is 12.9. The number of hydrogen-bond donors (Lipinski definition) is 4. The Morgan fingerprint density at radius 3 is 1.08 bits per heavy atom. The van der Waals surface area contributed by atoms with Gasteiger partial charge < -0.3 is 21.1 Å². The largest absolute Gasteiger partial charge is 0.472 e. The molecule has 0 heterocycles. The number of allylic oxidation sites excluding steroid dienone is 1. The molecule has 1 amide bonds. The molecule has 0 aromatic heterocycles. The predicted molar refractivity (Wildman–Crippen MR) is 286 cm³/mol. The molecule has 0 spiro atoms. The number of unbranched alkanes of at least 4 members (excludes halogenated alkanes) is 44. The Balaban J connectivity index is 3.88. The molecule has 9 heteroatoms. The zero-order chi connectivity index (χ0) is 48.1. The zero-order valence-electron chi connectivity index (χ0n) is 44.2. The Hall–Kier alpha value is -0.760. The lowest BCUT2D eigenvalue weighted by Crippen LogP contribution is -2.45. The molecule has 5 N–H and O–H groups in total. The number of phosphoric ester groups is 1. The number of aliphatic hydroxyl groups is 1. The molecule has 8 nitrogen and oxygen atoms in total. The summed E-state index contributed by atoms with van der Waals surface area (Å²) >= 11 is 0. The highest BCUT2D eigenvalue weighted by Gasteiger charge is 2.27. The Kier molecular flexibility index (Phi) is 53.0. The van der Waals surface area contributed by atoms with E-state index in [0.29, 0.717) is 6.42 Å². The summed E-state index contributed by atoms with van der Waals surface area (Å²) in [4.78, 5) is 22.9. The zero-order valence-corrected chi connectivity index (χ0v) is 45.1. The topological polar surface area (TPSA) is 131 Å². The fourth-order valence-corrected chi connectivity index (χ4v) is 9.96. The standard InChI is InChI=1S/C57H115N2O6P/c1-3-5-7-9-11-13-15-17-19-21-22-23-24-25-26-27-28-29-30-31-32-33-35-37-39-41-43-45-47-49-51-57(61)59-55(54-65-66(62,63)64-53-52-58)56(60)50-48-46-44-42-40-38-36-34-20-18-16-14-12-10-8-6-4-2/h48,50,55-56,60H,3-47,49,51-54,58H2,1-2H3,(H,59,61)(H,62,63)/b50-48+/t55-,56+/m0/s1. The molecule has 0 radical (unpaired) electrons. The van der Waals surface area contributed by atoms with Crippen molar-refractivity contribution in [2.45, 2.75) is 328 Å². The third-order valence-corrected chi connectivity index (χ3v) is 14.6. The van der Waals surface area contributed by atoms with Gasteiger partial charge in [-0.2, -0.15) is 0 Å². The predicted octanol–water partition coefficient (Wildman–Crippen LogP) is 17.9. The van der Waals surface area contributed by atoms with E-state index >= 15 is 0 Å². The van der Waals surface area contributed by atoms with Crippen molar-refractivity contribution < 1.29 is 28.4 Å². The van der Waals surface area contributed by atoms with E-state index in [1.165, 1.54) is 257 Å². The van der Waals surface area contributed by atoms with E-state index in [9.17, 15) is 19.4 Å². The van der Waals surface area contributed by atoms with Gasteiger partial charge in [0.15, 0.2) is 0 Å². The van der Waals surface area contributed by atoms with Gasteiger partial charge in [0.25, 0.3) is 0 Å². The first-order valence-electron chi connectivity index (χ1n) is 29.3. The van der Waals surface area contributed by atoms with Gasteiger partial charge in [0.05, 0.1) is 25.4 Å². The van der Waals surface area contributed by atoms with Crippen LogP contribution in [0.25, 0.3) is 0 Å². The van der Waals surface area contributed by atoms with Gasteiger partial charge in [0.1, 0.15) is 0 Å². The molecule has 66 heavy (non-hydrogen) atoms. The molecule has 0 saturated heterocycles. The van der Waals surface area contributed by atoms with Crippen molar-refractivity contribution in [3.8, 4) is 0 Å². The van der Waals surface area contributed by atoms with Crippen molar-refractivity contribution in [1.29, 1.82) is 0 Å². The van der Waals surface area contributed by atoms with E-state index in [1.54, 1.807) is 6.08 Å². The number of phosphoric acid groups is 1. The van der Waals surface area contributed by atoms with Crippen LogP contribution in [0.15, 0.2) is 12.2 Å². The normalized spacial score (nSPS) is 13.7. The summed E-state index contributed by atoms with van der Waals surface area (Å²) in [5.41, 5.74) is 5.40. The SMILES string of the molecule is CCCCCCCCCCCCCCCCC/C=C/[C@@H](O)[C@H](COP(=O)(O)OCCN)NC(=O)CCCCCCCCCCCCCCCCCCCCCCCCCCCCCCCC. The summed E-state index contributed by atoms with van der Waals surface area (Å²) < 4.78 is 22.3. The number of hydrogen-bond acceptors (Lipinski definition) is 6. The van der Waals surface area contributed by atoms with Crippen molar-refractivity contribution in [2.75, 3.05) is 19.8 Å². The van der Waals surface area contributed by atoms with E-state index in [4.69, 9.17) is 14.8 Å². The first-order valence-corrected chi connectivity index (χ1v) is 30.8. The maximum Gasteiger partial charge on any atom is 0.472 e. The molecule has 0 bridgehead atoms. The van der Waals surface area contributed by atoms with Gasteiger partial charge in [-0.1, -0.05) is 302 Å². The molecule has 0 aromatic rings. The number of rotatable bonds is 56. The van der Waals surface area contributed by atoms with Crippen molar-refractivity contribution in [3.63, 3.8) is 0 Å². The molecule has 3 atom stereocenters. The van der Waals surface area contributed by atoms with Crippen LogP contribution in [0, 0.1) is 0 Å². The maximum absolute atomic E-state index is 12.9. The van der Waals surface area contributed by atoms with Gasteiger partial charge in [-0.25, -0.2) is 4.57 Å². The van der Waals surface area contributed by atoms with Gasteiger partial charge in [-0.15, -0.1) is 0 Å². The quantitative estimate of drug-likeness (QED) is 0.0271. The van der Waals surface area contributed by atoms with E-state index < -0.39 is 20.0 Å². The smallest absolute Gasteiger partial charge is 0.387 e. The van der Waals surface area contributed by atoms with E-state index in [0.717, 1.165) is 38.5 Å². The minimum absolute atomic E-state index is 0.0818. The lowest BCUT2D eigenvalue weighted by atomic mass is 10.0. The Labute approximate surface area is 411 Å². The Morgan fingerprint density at radius 2 is 0.773 bits per heavy atom. The number of carbonyl (C=O) groups is 1. The first kappa shape index (κ1) is 65.2. The molecule has 0 saturated carbocycles. The number of aliphatic hydroxyl groups excluding tert-OH is 1. The minimum Gasteiger partial charge on any atom is -0.387 e. The molecule has 0 aliphatic carbocycles. The van der Waals surface area contributed by atoms with Crippen LogP contribution in [0.4, 0.5) is 0 Å². The van der Waals surface area contributed by atoms with E-state index in [2.05, 4.69) is 19.2 Å². The summed E-state index contributed by atoms with van der Waals surface area (Å²) in [6, 6.07) is -0.856. The van der Waals surface area contributed by atoms with Crippen LogP contribution >= 0.6 is 7.82 Å². The Bertz CT molecular complexity index is 1050. The molecular weight excluding hydrogens is 840 g/mol. The fourth-order valence-electron chi connectivity index (χ4n) is 9.20. The second-order valence-electron chi connectivity index (χ2n) is 20.2. The van der Waals surface area contributed by atoms with Crippen LogP contribution in [-0.4, -0.2) is 47.8 Å². The van der Waals surface area contributed by atoms with Gasteiger partial charge in [0, 0.05) is 13.0 Å². The molecule has 394 valence electrons. The van der Waals surface area contributed by atoms with Crippen LogP contribution in [-0.2, 0) is 18.4 Å². The average molecular weight is 956 g/mol. The summed E-state index contributed by atoms with van der Waals surface area (Å²) in [7, 11) is -4.34. The second kappa shape index (κ2) is 53.6. The average Bonchev–Trinajstić information content (AvgIpc) is 3.31. The highest BCUT2D eigenvalue weighted by atomic mass is 31.2. The highest BCUT2D eigenvalue weighted by Crippen LogP contribution is 2.43. The molecule has 0 aliphatic heterocycles. The fraction of sp³-hybridized carbons (Fsp3) is 0.947. The van der Waals surface area contributed by atoms with Crippen molar-refractivity contribution in [3.05, 3.63) is 12.2 Å². The summed E-state index contributed by atoms with van der Waals surface area (Å²) in [5.74, 6) is -0.186. The van der Waals surface area contributed by atoms with Gasteiger partial charge >= 0.3 is 7.82 Å². The lowest BCUT2D eigenvalue weighted by molar-refractivity contribution is -0.123. The van der Waals surface area contributed by atoms with Gasteiger partial charge in [0.2, 0.25) is 5.91 Å². The third-order valence-electron chi connectivity index (χ3n) is 13.6. The summed E-state index contributed by atoms with van der Waals surface area (Å²) in [6.07, 6.45) is 64.5. The first-order chi connectivity index (χ1) is 32.4. The Morgan fingerprint density at radius 1 is 0.485 bits per heavy atom. The van der Waals surface area contributed by atoms with Crippen LogP contribution in [0.2, 0.25) is 0 Å². The summed E-state index contributed by atoms with van der Waals surface area (Å²) in [5, 5.41) is 13.8. The summed E-state index contributed by atoms with van der Waals surface area (Å²) in [6.45, 7) is 4.19. The highest BCUT2D eigenvalue weighted by molar-refractivity contribution is 7.47. The molecule has 1 unspecified atom stereocenters. The van der Waals surface area contributed by atoms with E-state index in [1.807, 2.05) is 6.08 Å². The number of nitrogens with two attached hydrogens (primary N) is 1. The lowest BCUT2D eigenvalue weighted by Gasteiger charge is -2.23. The van der Waals surface area contributed by atoms with Crippen molar-refractivity contribution in [1.82, 2.24) is 5.32 Å². The molecule has 0 fully saturated rings. The number of carbonyl (C=O) groups excluding carboxylic acids is 1. The third kappa shape index (κ3) is 51.1. The van der Waals surface area contributed by atoms with Crippen LogP contribution in [0.1, 0.15) is 316 Å². The molecule has 0 aliphatic rings. The van der Waals surface area contributed by atoms with Crippen molar-refractivity contribution >= 4 is 13.7 Å². The van der Waals surface area contributed by atoms with Crippen LogP contribution < -0.4 is 11.1 Å². The van der Waals surface area contributed by atoms with Crippen molar-refractivity contribution in [2.24, 2.45) is 5.73 Å². The molecular formula is C57H115N2O6P. The van der Waals surface area contributed by atoms with Gasteiger partial charge in [-0.3, -0.25) is 13.8 Å². The number of amides is 1. The molecule has 0 aromatic carbocycles. The van der Waals surface area contributed by atoms with Crippen LogP contribution in [0.5, 0.6) is 0 Å². The number of nitrogens with one attached hydrogen (secondary N) is 1. The minimum atomic E-state index is -4.34. The monoisotopic (exact) mass is 955 g/mol. The van der Waals surface area contributed by atoms with E-state index in [-0.39, 0.29) is 25.7 Å².